The summed E-state index contributed by atoms with van der Waals surface area (Å²) < 4.78 is 0. The average Bonchev–Trinajstić information content (AvgIpc) is 2.82. The largest absolute Gasteiger partial charge is 0.375 e. The lowest BCUT2D eigenvalue weighted by molar-refractivity contribution is 0.431. The number of nitrogens with zero attached hydrogens (tertiary/aromatic N) is 1. The molecule has 1 saturated heterocycles. The Morgan fingerprint density at radius 1 is 1.29 bits per heavy atom. The minimum Gasteiger partial charge on any atom is -0.375 e. The molecule has 0 radical (unpaired) electrons. The second kappa shape index (κ2) is 5.22. The molecule has 2 rings (SSSR count). The standard InChI is InChI=1S/C16H21N/c1-4-16-13(2)8-7-9-15(16)12-14(3)17-10-5-6-11-17/h4,7-9,12H,1,5-6,10-11H2,2-3H3/b14-12+. The van der Waals surface area contributed by atoms with Gasteiger partial charge in [-0.15, -0.1) is 0 Å². The van der Waals surface area contributed by atoms with Crippen LogP contribution in [0.2, 0.25) is 0 Å². The van der Waals surface area contributed by atoms with Crippen LogP contribution in [0.3, 0.4) is 0 Å². The van der Waals surface area contributed by atoms with Crippen molar-refractivity contribution in [3.63, 3.8) is 0 Å². The van der Waals surface area contributed by atoms with Gasteiger partial charge in [-0.3, -0.25) is 0 Å². The molecule has 0 aliphatic carbocycles. The van der Waals surface area contributed by atoms with Crippen molar-refractivity contribution in [1.82, 2.24) is 4.90 Å². The Hall–Kier alpha value is -1.50. The van der Waals surface area contributed by atoms with Gasteiger partial charge in [-0.1, -0.05) is 30.9 Å². The summed E-state index contributed by atoms with van der Waals surface area (Å²) in [4.78, 5) is 2.47. The normalized spacial score (nSPS) is 16.4. The summed E-state index contributed by atoms with van der Waals surface area (Å²) in [6.07, 6.45) is 6.90. The van der Waals surface area contributed by atoms with E-state index in [0.29, 0.717) is 0 Å². The van der Waals surface area contributed by atoms with Gasteiger partial charge < -0.3 is 4.90 Å². The number of likely N-dealkylation sites (tertiary alicyclic amines) is 1. The number of rotatable bonds is 3. The van der Waals surface area contributed by atoms with Gasteiger partial charge in [-0.25, -0.2) is 0 Å². The second-order valence-corrected chi connectivity index (χ2v) is 4.76. The third-order valence-electron chi connectivity index (χ3n) is 3.53. The molecular weight excluding hydrogens is 206 g/mol. The van der Waals surface area contributed by atoms with Crippen LogP contribution in [0.25, 0.3) is 12.2 Å². The summed E-state index contributed by atoms with van der Waals surface area (Å²) in [5.74, 6) is 0. The van der Waals surface area contributed by atoms with E-state index in [1.807, 2.05) is 6.08 Å². The molecule has 1 nitrogen and oxygen atoms in total. The fraction of sp³-hybridized carbons (Fsp3) is 0.375. The van der Waals surface area contributed by atoms with E-state index in [2.05, 4.69) is 49.6 Å². The summed E-state index contributed by atoms with van der Waals surface area (Å²) >= 11 is 0. The van der Waals surface area contributed by atoms with Crippen molar-refractivity contribution in [2.45, 2.75) is 26.7 Å². The Labute approximate surface area is 104 Å². The lowest BCUT2D eigenvalue weighted by atomic mass is 10.0. The zero-order valence-electron chi connectivity index (χ0n) is 10.9. The van der Waals surface area contributed by atoms with Crippen LogP contribution in [0.1, 0.15) is 36.5 Å². The molecule has 0 spiro atoms. The molecule has 0 amide bonds. The predicted octanol–water partition coefficient (Wildman–Crippen LogP) is 4.09. The first kappa shape index (κ1) is 12.0. The van der Waals surface area contributed by atoms with E-state index >= 15 is 0 Å². The van der Waals surface area contributed by atoms with Crippen LogP contribution in [0.5, 0.6) is 0 Å². The maximum absolute atomic E-state index is 3.91. The van der Waals surface area contributed by atoms with Crippen LogP contribution in [0.15, 0.2) is 30.5 Å². The molecule has 1 aromatic rings. The molecule has 1 heteroatoms. The molecule has 1 aliphatic heterocycles. The maximum atomic E-state index is 3.91. The fourth-order valence-electron chi connectivity index (χ4n) is 2.49. The topological polar surface area (TPSA) is 3.24 Å². The Morgan fingerprint density at radius 2 is 2.00 bits per heavy atom. The number of benzene rings is 1. The van der Waals surface area contributed by atoms with E-state index in [1.165, 1.54) is 48.3 Å². The van der Waals surface area contributed by atoms with Crippen molar-refractivity contribution in [3.05, 3.63) is 47.2 Å². The van der Waals surface area contributed by atoms with E-state index in [9.17, 15) is 0 Å². The van der Waals surface area contributed by atoms with Gasteiger partial charge >= 0.3 is 0 Å². The van der Waals surface area contributed by atoms with Gasteiger partial charge in [0, 0.05) is 18.8 Å². The predicted molar refractivity (Wildman–Crippen MR) is 75.7 cm³/mol. The maximum Gasteiger partial charge on any atom is 0.0175 e. The monoisotopic (exact) mass is 227 g/mol. The molecular formula is C16H21N. The number of hydrogen-bond acceptors (Lipinski definition) is 1. The van der Waals surface area contributed by atoms with Crippen molar-refractivity contribution in [3.8, 4) is 0 Å². The third-order valence-corrected chi connectivity index (χ3v) is 3.53. The highest BCUT2D eigenvalue weighted by Crippen LogP contribution is 2.21. The Bertz CT molecular complexity index is 437. The lowest BCUT2D eigenvalue weighted by Crippen LogP contribution is -2.16. The molecule has 17 heavy (non-hydrogen) atoms. The van der Waals surface area contributed by atoms with Crippen molar-refractivity contribution < 1.29 is 0 Å². The van der Waals surface area contributed by atoms with E-state index < -0.39 is 0 Å². The molecule has 1 fully saturated rings. The van der Waals surface area contributed by atoms with E-state index in [1.54, 1.807) is 0 Å². The Kier molecular flexibility index (Phi) is 3.68. The minimum atomic E-state index is 1.21. The number of hydrogen-bond donors (Lipinski definition) is 0. The van der Waals surface area contributed by atoms with Crippen molar-refractivity contribution in [2.75, 3.05) is 13.1 Å². The van der Waals surface area contributed by atoms with Crippen molar-refractivity contribution >= 4 is 12.2 Å². The summed E-state index contributed by atoms with van der Waals surface area (Å²) in [5, 5.41) is 0. The second-order valence-electron chi connectivity index (χ2n) is 4.76. The molecule has 0 bridgehead atoms. The van der Waals surface area contributed by atoms with Gasteiger partial charge in [0.25, 0.3) is 0 Å². The number of aryl methyl sites for hydroxylation is 1. The summed E-state index contributed by atoms with van der Waals surface area (Å²) in [7, 11) is 0. The zero-order chi connectivity index (χ0) is 12.3. The highest BCUT2D eigenvalue weighted by atomic mass is 15.1. The average molecular weight is 227 g/mol. The van der Waals surface area contributed by atoms with Crippen molar-refractivity contribution in [1.29, 1.82) is 0 Å². The van der Waals surface area contributed by atoms with Gasteiger partial charge in [0.05, 0.1) is 0 Å². The molecule has 0 saturated carbocycles. The molecule has 1 aliphatic rings. The summed E-state index contributed by atoms with van der Waals surface area (Å²) in [5.41, 5.74) is 5.20. The molecule has 1 heterocycles. The smallest absolute Gasteiger partial charge is 0.0175 e. The van der Waals surface area contributed by atoms with Gasteiger partial charge in [-0.2, -0.15) is 0 Å². The first-order chi connectivity index (χ1) is 8.22. The summed E-state index contributed by atoms with van der Waals surface area (Å²) in [6, 6.07) is 6.43. The van der Waals surface area contributed by atoms with Crippen LogP contribution in [-0.4, -0.2) is 18.0 Å². The van der Waals surface area contributed by atoms with Crippen molar-refractivity contribution in [2.24, 2.45) is 0 Å². The SMILES string of the molecule is C=Cc1c(C)cccc1/C=C(\C)N1CCCC1. The molecule has 0 N–H and O–H groups in total. The lowest BCUT2D eigenvalue weighted by Gasteiger charge is -2.18. The first-order valence-electron chi connectivity index (χ1n) is 6.37. The minimum absolute atomic E-state index is 1.21. The van der Waals surface area contributed by atoms with Crippen LogP contribution in [0.4, 0.5) is 0 Å². The van der Waals surface area contributed by atoms with Gasteiger partial charge in [-0.05, 0) is 49.5 Å². The Morgan fingerprint density at radius 3 is 2.65 bits per heavy atom. The van der Waals surface area contributed by atoms with Gasteiger partial charge in [0.1, 0.15) is 0 Å². The Balaban J connectivity index is 2.30. The molecule has 90 valence electrons. The zero-order valence-corrected chi connectivity index (χ0v) is 10.9. The first-order valence-corrected chi connectivity index (χ1v) is 6.37. The molecule has 0 aromatic heterocycles. The number of allylic oxidation sites excluding steroid dienone is 1. The van der Waals surface area contributed by atoms with Crippen LogP contribution in [0, 0.1) is 6.92 Å². The van der Waals surface area contributed by atoms with Crippen LogP contribution in [-0.2, 0) is 0 Å². The fourth-order valence-corrected chi connectivity index (χ4v) is 2.49. The van der Waals surface area contributed by atoms with Gasteiger partial charge in [0.15, 0.2) is 0 Å². The van der Waals surface area contributed by atoms with E-state index in [-0.39, 0.29) is 0 Å². The van der Waals surface area contributed by atoms with Crippen LogP contribution >= 0.6 is 0 Å². The summed E-state index contributed by atoms with van der Waals surface area (Å²) in [6.45, 7) is 10.7. The molecule has 0 unspecified atom stereocenters. The van der Waals surface area contributed by atoms with E-state index in [0.717, 1.165) is 0 Å². The van der Waals surface area contributed by atoms with Gasteiger partial charge in [0.2, 0.25) is 0 Å². The quantitative estimate of drug-likeness (QED) is 0.751. The highest BCUT2D eigenvalue weighted by Gasteiger charge is 2.11. The molecule has 1 aromatic carbocycles. The third kappa shape index (κ3) is 2.60. The molecule has 0 atom stereocenters. The highest BCUT2D eigenvalue weighted by molar-refractivity contribution is 5.67. The van der Waals surface area contributed by atoms with Crippen LogP contribution < -0.4 is 0 Å². The van der Waals surface area contributed by atoms with E-state index in [4.69, 9.17) is 0 Å².